The zero-order valence-electron chi connectivity index (χ0n) is 5.88. The van der Waals surface area contributed by atoms with Crippen LogP contribution in [-0.4, -0.2) is 13.4 Å². The van der Waals surface area contributed by atoms with E-state index in [9.17, 15) is 4.79 Å². The molecule has 0 atom stereocenters. The van der Waals surface area contributed by atoms with Crippen molar-refractivity contribution in [1.82, 2.24) is 0 Å². The molecule has 0 saturated carbocycles. The number of aldehydes is 1. The van der Waals surface area contributed by atoms with Crippen LogP contribution in [0.15, 0.2) is 10.5 Å². The summed E-state index contributed by atoms with van der Waals surface area (Å²) in [6, 6.07) is 1.67. The molecule has 10 heavy (non-hydrogen) atoms. The monoisotopic (exact) mass is 140 g/mol. The van der Waals surface area contributed by atoms with E-state index in [4.69, 9.17) is 9.15 Å². The van der Waals surface area contributed by atoms with Gasteiger partial charge >= 0.3 is 0 Å². The smallest absolute Gasteiger partial charge is 0.284 e. The van der Waals surface area contributed by atoms with E-state index in [1.807, 2.05) is 0 Å². The minimum Gasteiger partial charge on any atom is -0.468 e. The fourth-order valence-electron chi connectivity index (χ4n) is 0.684. The highest BCUT2D eigenvalue weighted by molar-refractivity contribution is 5.73. The van der Waals surface area contributed by atoms with Gasteiger partial charge in [0.15, 0.2) is 12.0 Å². The summed E-state index contributed by atoms with van der Waals surface area (Å²) in [4.78, 5) is 10.2. The second-order valence-electron chi connectivity index (χ2n) is 1.93. The van der Waals surface area contributed by atoms with Crippen LogP contribution in [0.4, 0.5) is 0 Å². The van der Waals surface area contributed by atoms with Crippen LogP contribution >= 0.6 is 0 Å². The molecule has 0 fully saturated rings. The quantitative estimate of drug-likeness (QED) is 0.583. The molecular formula is C7H8O3. The van der Waals surface area contributed by atoms with Crippen molar-refractivity contribution in [3.8, 4) is 5.95 Å². The van der Waals surface area contributed by atoms with Crippen LogP contribution in [0.25, 0.3) is 0 Å². The van der Waals surface area contributed by atoms with Crippen LogP contribution in [0, 0.1) is 6.92 Å². The summed E-state index contributed by atoms with van der Waals surface area (Å²) in [6.45, 7) is 1.79. The van der Waals surface area contributed by atoms with Crippen LogP contribution in [0.3, 0.4) is 0 Å². The number of ether oxygens (including phenoxy) is 1. The Bertz CT molecular complexity index is 237. The normalized spacial score (nSPS) is 9.40. The van der Waals surface area contributed by atoms with Crippen molar-refractivity contribution in [3.63, 3.8) is 0 Å². The van der Waals surface area contributed by atoms with Crippen molar-refractivity contribution >= 4 is 6.29 Å². The molecule has 1 rings (SSSR count). The minimum absolute atomic E-state index is 0.330. The van der Waals surface area contributed by atoms with E-state index in [1.54, 1.807) is 13.0 Å². The van der Waals surface area contributed by atoms with Gasteiger partial charge in [-0.3, -0.25) is 4.79 Å². The van der Waals surface area contributed by atoms with E-state index in [1.165, 1.54) is 7.11 Å². The highest BCUT2D eigenvalue weighted by atomic mass is 16.6. The maximum atomic E-state index is 10.2. The van der Waals surface area contributed by atoms with Crippen LogP contribution in [0.5, 0.6) is 5.95 Å². The Hall–Kier alpha value is -1.25. The van der Waals surface area contributed by atoms with Crippen LogP contribution in [0.2, 0.25) is 0 Å². The minimum atomic E-state index is 0.330. The molecule has 0 bridgehead atoms. The van der Waals surface area contributed by atoms with E-state index in [2.05, 4.69) is 0 Å². The Labute approximate surface area is 58.6 Å². The third-order valence-electron chi connectivity index (χ3n) is 1.24. The second kappa shape index (κ2) is 2.56. The molecule has 0 amide bonds. The first-order chi connectivity index (χ1) is 4.77. The molecule has 1 aromatic heterocycles. The molecular weight excluding hydrogens is 132 g/mol. The fourth-order valence-corrected chi connectivity index (χ4v) is 0.684. The Morgan fingerprint density at radius 3 is 2.70 bits per heavy atom. The highest BCUT2D eigenvalue weighted by Gasteiger charge is 2.04. The summed E-state index contributed by atoms with van der Waals surface area (Å²) in [5.41, 5.74) is 0.798. The van der Waals surface area contributed by atoms with Gasteiger partial charge in [-0.05, 0) is 6.92 Å². The molecule has 3 heteroatoms. The first-order valence-electron chi connectivity index (χ1n) is 2.87. The van der Waals surface area contributed by atoms with Crippen LogP contribution < -0.4 is 4.74 Å². The summed E-state index contributed by atoms with van der Waals surface area (Å²) in [7, 11) is 1.49. The van der Waals surface area contributed by atoms with Crippen molar-refractivity contribution < 1.29 is 13.9 Å². The summed E-state index contributed by atoms with van der Waals surface area (Å²) < 4.78 is 9.67. The maximum Gasteiger partial charge on any atom is 0.284 e. The fraction of sp³-hybridized carbons (Fsp3) is 0.286. The van der Waals surface area contributed by atoms with Gasteiger partial charge in [-0.1, -0.05) is 0 Å². The number of hydrogen-bond acceptors (Lipinski definition) is 3. The number of methoxy groups -OCH3 is 1. The van der Waals surface area contributed by atoms with Gasteiger partial charge in [0.1, 0.15) is 0 Å². The predicted octanol–water partition coefficient (Wildman–Crippen LogP) is 1.41. The van der Waals surface area contributed by atoms with Crippen LogP contribution in [0.1, 0.15) is 16.1 Å². The SMILES string of the molecule is COc1cc(C)c(C=O)o1. The average Bonchev–Trinajstić information content (AvgIpc) is 2.30. The van der Waals surface area contributed by atoms with Crippen molar-refractivity contribution in [3.05, 3.63) is 17.4 Å². The Kier molecular flexibility index (Phi) is 1.76. The number of aryl methyl sites for hydroxylation is 1. The molecule has 0 N–H and O–H groups in total. The van der Waals surface area contributed by atoms with Gasteiger partial charge < -0.3 is 9.15 Å². The van der Waals surface area contributed by atoms with Gasteiger partial charge in [-0.2, -0.15) is 0 Å². The summed E-state index contributed by atoms with van der Waals surface area (Å²) in [5, 5.41) is 0. The van der Waals surface area contributed by atoms with Gasteiger partial charge in [0, 0.05) is 11.6 Å². The van der Waals surface area contributed by atoms with E-state index in [0.717, 1.165) is 5.56 Å². The molecule has 0 saturated heterocycles. The Balaban J connectivity index is 3.03. The van der Waals surface area contributed by atoms with E-state index >= 15 is 0 Å². The summed E-state index contributed by atoms with van der Waals surface area (Å²) >= 11 is 0. The molecule has 0 aliphatic heterocycles. The number of carbonyl (C=O) groups is 1. The second-order valence-corrected chi connectivity index (χ2v) is 1.93. The highest BCUT2D eigenvalue weighted by Crippen LogP contribution is 2.18. The molecule has 1 aromatic rings. The topological polar surface area (TPSA) is 39.4 Å². The lowest BCUT2D eigenvalue weighted by Crippen LogP contribution is -1.76. The average molecular weight is 140 g/mol. The van der Waals surface area contributed by atoms with Gasteiger partial charge in [-0.25, -0.2) is 0 Å². The molecule has 0 spiro atoms. The number of furan rings is 1. The molecule has 54 valence electrons. The van der Waals surface area contributed by atoms with Gasteiger partial charge in [0.2, 0.25) is 0 Å². The lowest BCUT2D eigenvalue weighted by molar-refractivity contribution is 0.109. The van der Waals surface area contributed by atoms with Gasteiger partial charge in [0.05, 0.1) is 7.11 Å². The standard InChI is InChI=1S/C7H8O3/c1-5-3-7(9-2)10-6(5)4-8/h3-4H,1-2H3. The predicted molar refractivity (Wildman–Crippen MR) is 35.4 cm³/mol. The van der Waals surface area contributed by atoms with Gasteiger partial charge in [0.25, 0.3) is 5.95 Å². The lowest BCUT2D eigenvalue weighted by atomic mass is 10.3. The molecule has 0 unspecified atom stereocenters. The number of hydrogen-bond donors (Lipinski definition) is 0. The lowest BCUT2D eigenvalue weighted by Gasteiger charge is -1.87. The first kappa shape index (κ1) is 6.86. The number of rotatable bonds is 2. The number of carbonyl (C=O) groups excluding carboxylic acids is 1. The third-order valence-corrected chi connectivity index (χ3v) is 1.24. The third kappa shape index (κ3) is 1.03. The zero-order valence-corrected chi connectivity index (χ0v) is 5.88. The molecule has 0 aromatic carbocycles. The molecule has 0 radical (unpaired) electrons. The molecule has 0 aliphatic carbocycles. The first-order valence-corrected chi connectivity index (χ1v) is 2.87. The molecule has 1 heterocycles. The van der Waals surface area contributed by atoms with E-state index in [0.29, 0.717) is 18.0 Å². The van der Waals surface area contributed by atoms with Crippen molar-refractivity contribution in [2.45, 2.75) is 6.92 Å². The van der Waals surface area contributed by atoms with Gasteiger partial charge in [-0.15, -0.1) is 0 Å². The largest absolute Gasteiger partial charge is 0.468 e. The zero-order chi connectivity index (χ0) is 7.56. The molecule has 0 aliphatic rings. The van der Waals surface area contributed by atoms with Crippen molar-refractivity contribution in [2.24, 2.45) is 0 Å². The van der Waals surface area contributed by atoms with Crippen LogP contribution in [-0.2, 0) is 0 Å². The van der Waals surface area contributed by atoms with E-state index < -0.39 is 0 Å². The Morgan fingerprint density at radius 2 is 2.40 bits per heavy atom. The summed E-state index contributed by atoms with van der Waals surface area (Å²) in [5.74, 6) is 0.705. The molecule has 3 nitrogen and oxygen atoms in total. The Morgan fingerprint density at radius 1 is 1.70 bits per heavy atom. The van der Waals surface area contributed by atoms with Crippen molar-refractivity contribution in [1.29, 1.82) is 0 Å². The van der Waals surface area contributed by atoms with Crippen molar-refractivity contribution in [2.75, 3.05) is 7.11 Å². The summed E-state index contributed by atoms with van der Waals surface area (Å²) in [6.07, 6.45) is 0.665. The maximum absolute atomic E-state index is 10.2. The van der Waals surface area contributed by atoms with E-state index in [-0.39, 0.29) is 0 Å².